The molecule has 2 aromatic carbocycles. The van der Waals surface area contributed by atoms with E-state index in [9.17, 15) is 9.90 Å². The van der Waals surface area contributed by atoms with Crippen molar-refractivity contribution in [1.29, 1.82) is 0 Å². The maximum atomic E-state index is 11.0. The largest absolute Gasteiger partial charge is 0.481 e. The predicted molar refractivity (Wildman–Crippen MR) is 131 cm³/mol. The van der Waals surface area contributed by atoms with Crippen molar-refractivity contribution in [3.05, 3.63) is 83.9 Å². The lowest BCUT2D eigenvalue weighted by atomic mass is 9.95. The van der Waals surface area contributed by atoms with E-state index in [2.05, 4.69) is 60.5 Å². The molecule has 2 aromatic rings. The van der Waals surface area contributed by atoms with Gasteiger partial charge in [-0.05, 0) is 43.9 Å². The molecular formula is C28H37NO4. The van der Waals surface area contributed by atoms with Crippen LogP contribution in [-0.4, -0.2) is 52.9 Å². The first kappa shape index (κ1) is 25.2. The summed E-state index contributed by atoms with van der Waals surface area (Å²) in [6.07, 6.45) is 7.73. The maximum absolute atomic E-state index is 11.0. The van der Waals surface area contributed by atoms with Crippen LogP contribution in [0.1, 0.15) is 43.2 Å². The first-order valence-electron chi connectivity index (χ1n) is 12.0. The maximum Gasteiger partial charge on any atom is 0.303 e. The summed E-state index contributed by atoms with van der Waals surface area (Å²) in [7, 11) is 2.10. The van der Waals surface area contributed by atoms with E-state index < -0.39 is 12.1 Å². The normalized spacial score (nSPS) is 22.9. The number of nitrogens with zero attached hydrogens (tertiary/aromatic N) is 1. The third kappa shape index (κ3) is 8.11. The van der Waals surface area contributed by atoms with E-state index in [-0.39, 0.29) is 24.5 Å². The second-order valence-corrected chi connectivity index (χ2v) is 9.00. The Bertz CT molecular complexity index is 855. The molecule has 5 nitrogen and oxygen atoms in total. The molecule has 3 rings (SSSR count). The molecule has 5 heteroatoms. The van der Waals surface area contributed by atoms with Gasteiger partial charge >= 0.3 is 5.97 Å². The Hall–Kier alpha value is -2.47. The van der Waals surface area contributed by atoms with Crippen LogP contribution in [0.4, 0.5) is 0 Å². The number of likely N-dealkylation sites (N-methyl/N-ethyl adjacent to an activating group) is 1. The van der Waals surface area contributed by atoms with Gasteiger partial charge in [0.2, 0.25) is 0 Å². The summed E-state index contributed by atoms with van der Waals surface area (Å²) in [5.41, 5.74) is 2.43. The van der Waals surface area contributed by atoms with E-state index in [1.165, 1.54) is 5.56 Å². The zero-order chi connectivity index (χ0) is 23.5. The number of carbonyl (C=O) groups is 1. The zero-order valence-corrected chi connectivity index (χ0v) is 19.6. The van der Waals surface area contributed by atoms with Crippen molar-refractivity contribution < 1.29 is 19.7 Å². The Morgan fingerprint density at radius 2 is 1.73 bits per heavy atom. The standard InChI is InChI=1S/C28H37NO4/c1-29(19-18-22-12-6-4-7-13-22)28-24(16-10-2-3-11-17-27(31)32)26(20-25(28)30)33-21-23-14-8-5-9-15-23/h2,4-10,12-15,24-26,28,30H,3,11,16-21H2,1H3,(H,31,32)/t24-,25+,26-,28+/m0/s1. The highest BCUT2D eigenvalue weighted by atomic mass is 16.5. The van der Waals surface area contributed by atoms with Crippen molar-refractivity contribution in [2.24, 2.45) is 5.92 Å². The fourth-order valence-corrected chi connectivity index (χ4v) is 4.78. The van der Waals surface area contributed by atoms with E-state index in [0.29, 0.717) is 19.4 Å². The van der Waals surface area contributed by atoms with E-state index in [0.717, 1.165) is 31.4 Å². The minimum atomic E-state index is -0.753. The molecule has 4 atom stereocenters. The molecule has 0 amide bonds. The Labute approximate surface area is 197 Å². The highest BCUT2D eigenvalue weighted by Gasteiger charge is 2.44. The average molecular weight is 452 g/mol. The first-order chi connectivity index (χ1) is 16.0. The minimum absolute atomic E-state index is 0.0203. The van der Waals surface area contributed by atoms with Gasteiger partial charge < -0.3 is 19.8 Å². The number of hydrogen-bond donors (Lipinski definition) is 2. The van der Waals surface area contributed by atoms with Gasteiger partial charge in [-0.2, -0.15) is 0 Å². The average Bonchev–Trinajstić information content (AvgIpc) is 3.14. The van der Waals surface area contributed by atoms with Crippen LogP contribution >= 0.6 is 0 Å². The van der Waals surface area contributed by atoms with Crippen LogP contribution in [0.5, 0.6) is 0 Å². The van der Waals surface area contributed by atoms with Crippen LogP contribution in [0.25, 0.3) is 0 Å². The molecule has 0 saturated heterocycles. The van der Waals surface area contributed by atoms with Gasteiger partial charge in [-0.1, -0.05) is 72.8 Å². The molecule has 1 aliphatic rings. The highest BCUT2D eigenvalue weighted by molar-refractivity contribution is 5.66. The number of unbranched alkanes of at least 4 members (excludes halogenated alkanes) is 1. The van der Waals surface area contributed by atoms with Gasteiger partial charge in [0, 0.05) is 31.3 Å². The van der Waals surface area contributed by atoms with E-state index >= 15 is 0 Å². The number of aliphatic hydroxyl groups excluding tert-OH is 1. The minimum Gasteiger partial charge on any atom is -0.481 e. The fourth-order valence-electron chi connectivity index (χ4n) is 4.78. The SMILES string of the molecule is CN(CCc1ccccc1)[C@@H]1[C@@H](CC=CCCCC(=O)O)[C@@H](OCc2ccccc2)C[C@H]1O. The molecular weight excluding hydrogens is 414 g/mol. The number of hydrogen-bond acceptors (Lipinski definition) is 4. The highest BCUT2D eigenvalue weighted by Crippen LogP contribution is 2.36. The number of rotatable bonds is 13. The van der Waals surface area contributed by atoms with Crippen LogP contribution in [0.3, 0.4) is 0 Å². The first-order valence-corrected chi connectivity index (χ1v) is 12.0. The van der Waals surface area contributed by atoms with E-state index in [1.54, 1.807) is 0 Å². The van der Waals surface area contributed by atoms with Crippen molar-refractivity contribution in [3.63, 3.8) is 0 Å². The third-order valence-electron chi connectivity index (χ3n) is 6.53. The van der Waals surface area contributed by atoms with Gasteiger partial charge in [0.25, 0.3) is 0 Å². The van der Waals surface area contributed by atoms with Crippen molar-refractivity contribution in [2.75, 3.05) is 13.6 Å². The molecule has 1 saturated carbocycles. The number of ether oxygens (including phenoxy) is 1. The molecule has 178 valence electrons. The molecule has 2 N–H and O–H groups in total. The Morgan fingerprint density at radius 1 is 1.06 bits per heavy atom. The van der Waals surface area contributed by atoms with E-state index in [4.69, 9.17) is 9.84 Å². The smallest absolute Gasteiger partial charge is 0.303 e. The number of allylic oxidation sites excluding steroid dienone is 2. The van der Waals surface area contributed by atoms with Crippen molar-refractivity contribution in [1.82, 2.24) is 4.90 Å². The monoisotopic (exact) mass is 451 g/mol. The summed E-state index contributed by atoms with van der Waals surface area (Å²) in [5.74, 6) is -0.572. The topological polar surface area (TPSA) is 70.0 Å². The van der Waals surface area contributed by atoms with Crippen LogP contribution in [0.2, 0.25) is 0 Å². The fraction of sp³-hybridized carbons (Fsp3) is 0.464. The Balaban J connectivity index is 1.62. The summed E-state index contributed by atoms with van der Waals surface area (Å²) in [6, 6.07) is 20.6. The lowest BCUT2D eigenvalue weighted by Gasteiger charge is -2.33. The zero-order valence-electron chi connectivity index (χ0n) is 19.6. The second kappa shape index (κ2) is 13.3. The number of carboxylic acid groups (broad SMARTS) is 1. The molecule has 33 heavy (non-hydrogen) atoms. The summed E-state index contributed by atoms with van der Waals surface area (Å²) in [6.45, 7) is 1.41. The molecule has 1 aliphatic carbocycles. The number of carboxylic acids is 1. The van der Waals surface area contributed by atoms with Crippen molar-refractivity contribution >= 4 is 5.97 Å². The van der Waals surface area contributed by atoms with Gasteiger partial charge in [0.1, 0.15) is 0 Å². The molecule has 1 fully saturated rings. The summed E-state index contributed by atoms with van der Waals surface area (Å²) in [5, 5.41) is 19.8. The molecule has 0 radical (unpaired) electrons. The van der Waals surface area contributed by atoms with Crippen LogP contribution < -0.4 is 0 Å². The second-order valence-electron chi connectivity index (χ2n) is 9.00. The van der Waals surface area contributed by atoms with Crippen LogP contribution in [0, 0.1) is 5.92 Å². The molecule has 0 heterocycles. The molecule has 0 aliphatic heterocycles. The van der Waals surface area contributed by atoms with E-state index in [1.807, 2.05) is 24.3 Å². The summed E-state index contributed by atoms with van der Waals surface area (Å²) >= 11 is 0. The molecule has 0 spiro atoms. The molecule has 0 unspecified atom stereocenters. The van der Waals surface area contributed by atoms with Crippen molar-refractivity contribution in [2.45, 2.75) is 63.4 Å². The quantitative estimate of drug-likeness (QED) is 0.341. The van der Waals surface area contributed by atoms with Crippen LogP contribution in [0.15, 0.2) is 72.8 Å². The van der Waals surface area contributed by atoms with Gasteiger partial charge in [0.05, 0.1) is 18.8 Å². The third-order valence-corrected chi connectivity index (χ3v) is 6.53. The molecule has 0 aromatic heterocycles. The summed E-state index contributed by atoms with van der Waals surface area (Å²) < 4.78 is 6.33. The lowest BCUT2D eigenvalue weighted by molar-refractivity contribution is -0.137. The van der Waals surface area contributed by atoms with Crippen molar-refractivity contribution in [3.8, 4) is 0 Å². The molecule has 0 bridgehead atoms. The van der Waals surface area contributed by atoms with Gasteiger partial charge in [-0.25, -0.2) is 0 Å². The van der Waals surface area contributed by atoms with Gasteiger partial charge in [0.15, 0.2) is 0 Å². The summed E-state index contributed by atoms with van der Waals surface area (Å²) in [4.78, 5) is 13.0. The van der Waals surface area contributed by atoms with Gasteiger partial charge in [-0.3, -0.25) is 4.79 Å². The number of aliphatic hydroxyl groups is 1. The predicted octanol–water partition coefficient (Wildman–Crippen LogP) is 4.70. The Morgan fingerprint density at radius 3 is 2.39 bits per heavy atom. The number of aliphatic carboxylic acids is 1. The van der Waals surface area contributed by atoms with Gasteiger partial charge in [-0.15, -0.1) is 0 Å². The van der Waals surface area contributed by atoms with Crippen LogP contribution in [-0.2, 0) is 22.6 Å². The number of benzene rings is 2. The lowest BCUT2D eigenvalue weighted by Crippen LogP contribution is -2.44. The Kier molecular flexibility index (Phi) is 10.1.